The SMILES string of the molecule is C=CC1CC1c1ccc(C(=O)OCC)cc1. The lowest BCUT2D eigenvalue weighted by molar-refractivity contribution is 0.0526. The summed E-state index contributed by atoms with van der Waals surface area (Å²) in [4.78, 5) is 11.4. The van der Waals surface area contributed by atoms with E-state index in [-0.39, 0.29) is 5.97 Å². The van der Waals surface area contributed by atoms with E-state index in [9.17, 15) is 4.79 Å². The van der Waals surface area contributed by atoms with Crippen molar-refractivity contribution in [2.45, 2.75) is 19.3 Å². The summed E-state index contributed by atoms with van der Waals surface area (Å²) in [6.45, 7) is 6.02. The number of carbonyl (C=O) groups is 1. The minimum absolute atomic E-state index is 0.245. The molecule has 0 bridgehead atoms. The van der Waals surface area contributed by atoms with Gasteiger partial charge in [0.1, 0.15) is 0 Å². The summed E-state index contributed by atoms with van der Waals surface area (Å²) in [7, 11) is 0. The molecule has 1 aliphatic rings. The lowest BCUT2D eigenvalue weighted by atomic mass is 10.1. The van der Waals surface area contributed by atoms with Crippen LogP contribution in [0.1, 0.15) is 35.2 Å². The van der Waals surface area contributed by atoms with E-state index in [2.05, 4.69) is 6.58 Å². The van der Waals surface area contributed by atoms with Crippen LogP contribution in [0.15, 0.2) is 36.9 Å². The van der Waals surface area contributed by atoms with Crippen LogP contribution in [0.3, 0.4) is 0 Å². The Bertz CT molecular complexity index is 392. The number of hydrogen-bond acceptors (Lipinski definition) is 2. The molecule has 2 rings (SSSR count). The van der Waals surface area contributed by atoms with Crippen molar-refractivity contribution in [3.8, 4) is 0 Å². The van der Waals surface area contributed by atoms with Crippen molar-refractivity contribution in [2.75, 3.05) is 6.61 Å². The van der Waals surface area contributed by atoms with Gasteiger partial charge >= 0.3 is 5.97 Å². The topological polar surface area (TPSA) is 26.3 Å². The summed E-state index contributed by atoms with van der Waals surface area (Å²) in [5.41, 5.74) is 1.92. The molecule has 0 saturated heterocycles. The molecule has 2 nitrogen and oxygen atoms in total. The van der Waals surface area contributed by atoms with E-state index in [1.54, 1.807) is 0 Å². The second kappa shape index (κ2) is 4.52. The summed E-state index contributed by atoms with van der Waals surface area (Å²) in [5, 5.41) is 0. The molecular formula is C14H16O2. The van der Waals surface area contributed by atoms with Crippen LogP contribution in [0.2, 0.25) is 0 Å². The Hall–Kier alpha value is -1.57. The molecule has 0 aliphatic heterocycles. The quantitative estimate of drug-likeness (QED) is 0.571. The molecule has 2 atom stereocenters. The van der Waals surface area contributed by atoms with Crippen molar-refractivity contribution >= 4 is 5.97 Å². The fourth-order valence-corrected chi connectivity index (χ4v) is 1.94. The zero-order valence-electron chi connectivity index (χ0n) is 9.48. The summed E-state index contributed by atoms with van der Waals surface area (Å²) in [6, 6.07) is 7.71. The van der Waals surface area contributed by atoms with E-state index >= 15 is 0 Å². The first kappa shape index (κ1) is 10.9. The van der Waals surface area contributed by atoms with Gasteiger partial charge in [-0.15, -0.1) is 6.58 Å². The molecule has 0 aromatic heterocycles. The first-order valence-electron chi connectivity index (χ1n) is 5.66. The predicted molar refractivity (Wildman–Crippen MR) is 63.4 cm³/mol. The van der Waals surface area contributed by atoms with Crippen molar-refractivity contribution in [1.29, 1.82) is 0 Å². The molecule has 1 aromatic carbocycles. The lowest BCUT2D eigenvalue weighted by Gasteiger charge is -2.03. The van der Waals surface area contributed by atoms with Gasteiger partial charge in [-0.25, -0.2) is 4.79 Å². The molecule has 16 heavy (non-hydrogen) atoms. The van der Waals surface area contributed by atoms with Gasteiger partial charge in [-0.1, -0.05) is 18.2 Å². The maximum absolute atomic E-state index is 11.4. The third-order valence-electron chi connectivity index (χ3n) is 2.99. The van der Waals surface area contributed by atoms with E-state index in [1.807, 2.05) is 37.3 Å². The second-order valence-corrected chi connectivity index (χ2v) is 4.08. The molecule has 2 unspecified atom stereocenters. The molecule has 2 heteroatoms. The number of allylic oxidation sites excluding steroid dienone is 1. The standard InChI is InChI=1S/C14H16O2/c1-3-10-9-13(10)11-5-7-12(8-6-11)14(15)16-4-2/h3,5-8,10,13H,1,4,9H2,2H3. The van der Waals surface area contributed by atoms with Gasteiger partial charge < -0.3 is 4.74 Å². The van der Waals surface area contributed by atoms with Crippen LogP contribution >= 0.6 is 0 Å². The molecule has 0 spiro atoms. The Morgan fingerprint density at radius 1 is 1.50 bits per heavy atom. The van der Waals surface area contributed by atoms with Crippen LogP contribution in [0.4, 0.5) is 0 Å². The lowest BCUT2D eigenvalue weighted by Crippen LogP contribution is -2.04. The van der Waals surface area contributed by atoms with Crippen LogP contribution in [0.5, 0.6) is 0 Å². The molecule has 1 aromatic rings. The Kier molecular flexibility index (Phi) is 3.09. The van der Waals surface area contributed by atoms with Crippen molar-refractivity contribution in [3.05, 3.63) is 48.0 Å². The maximum atomic E-state index is 11.4. The van der Waals surface area contributed by atoms with Gasteiger partial charge in [-0.2, -0.15) is 0 Å². The molecule has 1 fully saturated rings. The first-order valence-corrected chi connectivity index (χ1v) is 5.66. The normalized spacial score (nSPS) is 22.6. The monoisotopic (exact) mass is 216 g/mol. The highest BCUT2D eigenvalue weighted by atomic mass is 16.5. The fourth-order valence-electron chi connectivity index (χ4n) is 1.94. The van der Waals surface area contributed by atoms with Crippen LogP contribution < -0.4 is 0 Å². The average molecular weight is 216 g/mol. The molecule has 1 saturated carbocycles. The largest absolute Gasteiger partial charge is 0.462 e. The maximum Gasteiger partial charge on any atom is 0.338 e. The van der Waals surface area contributed by atoms with Crippen molar-refractivity contribution in [3.63, 3.8) is 0 Å². The molecular weight excluding hydrogens is 200 g/mol. The van der Waals surface area contributed by atoms with Crippen molar-refractivity contribution < 1.29 is 9.53 Å². The Labute approximate surface area is 95.9 Å². The van der Waals surface area contributed by atoms with Gasteiger partial charge in [-0.05, 0) is 42.9 Å². The second-order valence-electron chi connectivity index (χ2n) is 4.08. The number of carbonyl (C=O) groups excluding carboxylic acids is 1. The summed E-state index contributed by atoms with van der Waals surface area (Å²) >= 11 is 0. The summed E-state index contributed by atoms with van der Waals surface area (Å²) < 4.78 is 4.93. The average Bonchev–Trinajstić information content (AvgIpc) is 3.09. The zero-order valence-corrected chi connectivity index (χ0v) is 9.48. The van der Waals surface area contributed by atoms with Gasteiger partial charge in [0.15, 0.2) is 0 Å². The number of esters is 1. The van der Waals surface area contributed by atoms with E-state index in [0.29, 0.717) is 24.0 Å². The van der Waals surface area contributed by atoms with Crippen LogP contribution in [-0.2, 0) is 4.74 Å². The van der Waals surface area contributed by atoms with Crippen LogP contribution in [-0.4, -0.2) is 12.6 Å². The third kappa shape index (κ3) is 2.16. The predicted octanol–water partition coefficient (Wildman–Crippen LogP) is 3.15. The van der Waals surface area contributed by atoms with E-state index in [4.69, 9.17) is 4.74 Å². The van der Waals surface area contributed by atoms with Crippen LogP contribution in [0.25, 0.3) is 0 Å². The van der Waals surface area contributed by atoms with Gasteiger partial charge in [0.05, 0.1) is 12.2 Å². The molecule has 1 aliphatic carbocycles. The summed E-state index contributed by atoms with van der Waals surface area (Å²) in [5.74, 6) is 0.979. The third-order valence-corrected chi connectivity index (χ3v) is 2.99. The number of rotatable bonds is 4. The van der Waals surface area contributed by atoms with Gasteiger partial charge in [-0.3, -0.25) is 0 Å². The van der Waals surface area contributed by atoms with Crippen molar-refractivity contribution in [1.82, 2.24) is 0 Å². The van der Waals surface area contributed by atoms with Gasteiger partial charge in [0.25, 0.3) is 0 Å². The van der Waals surface area contributed by atoms with E-state index in [0.717, 1.165) is 0 Å². The van der Waals surface area contributed by atoms with Crippen molar-refractivity contribution in [2.24, 2.45) is 5.92 Å². The highest BCUT2D eigenvalue weighted by molar-refractivity contribution is 5.89. The molecule has 0 amide bonds. The fraction of sp³-hybridized carbons (Fsp3) is 0.357. The number of benzene rings is 1. The zero-order chi connectivity index (χ0) is 11.5. The Morgan fingerprint density at radius 3 is 2.69 bits per heavy atom. The molecule has 0 heterocycles. The van der Waals surface area contributed by atoms with E-state index < -0.39 is 0 Å². The highest BCUT2D eigenvalue weighted by Crippen LogP contribution is 2.47. The molecule has 84 valence electrons. The number of hydrogen-bond donors (Lipinski definition) is 0. The smallest absolute Gasteiger partial charge is 0.338 e. The van der Waals surface area contributed by atoms with E-state index in [1.165, 1.54) is 12.0 Å². The number of ether oxygens (including phenoxy) is 1. The van der Waals surface area contributed by atoms with Crippen LogP contribution in [0, 0.1) is 5.92 Å². The first-order chi connectivity index (χ1) is 7.76. The Balaban J connectivity index is 2.05. The minimum atomic E-state index is -0.245. The highest BCUT2D eigenvalue weighted by Gasteiger charge is 2.35. The molecule has 0 radical (unpaired) electrons. The minimum Gasteiger partial charge on any atom is -0.462 e. The van der Waals surface area contributed by atoms with Gasteiger partial charge in [0, 0.05) is 0 Å². The van der Waals surface area contributed by atoms with Gasteiger partial charge in [0.2, 0.25) is 0 Å². The Morgan fingerprint density at radius 2 is 2.19 bits per heavy atom. The summed E-state index contributed by atoms with van der Waals surface area (Å²) in [6.07, 6.45) is 3.19. The molecule has 0 N–H and O–H groups in total.